The molecule has 3 saturated heterocycles. The van der Waals surface area contributed by atoms with Gasteiger partial charge in [-0.3, -0.25) is 0 Å². The molecule has 1 aliphatic carbocycles. The van der Waals surface area contributed by atoms with Crippen molar-refractivity contribution in [3.8, 4) is 0 Å². The van der Waals surface area contributed by atoms with Crippen molar-refractivity contribution < 1.29 is 22.9 Å². The van der Waals surface area contributed by atoms with Crippen LogP contribution in [-0.4, -0.2) is 25.2 Å². The van der Waals surface area contributed by atoms with Crippen molar-refractivity contribution in [1.29, 1.82) is 0 Å². The summed E-state index contributed by atoms with van der Waals surface area (Å²) in [4.78, 5) is 11.6. The molecule has 0 amide bonds. The molecule has 0 N–H and O–H groups in total. The van der Waals surface area contributed by atoms with Gasteiger partial charge < -0.3 is 4.74 Å². The lowest BCUT2D eigenvalue weighted by Crippen LogP contribution is -2.61. The van der Waals surface area contributed by atoms with E-state index < -0.39 is 26.7 Å². The van der Waals surface area contributed by atoms with Crippen LogP contribution in [0.1, 0.15) is 45.4 Å². The van der Waals surface area contributed by atoms with Gasteiger partial charge in [0.25, 0.3) is 0 Å². The fourth-order valence-corrected chi connectivity index (χ4v) is 6.19. The summed E-state index contributed by atoms with van der Waals surface area (Å²) in [5.74, 6) is -0.834. The van der Waals surface area contributed by atoms with Gasteiger partial charge in [-0.05, 0) is 44.2 Å². The number of fused-ring (bicyclic) bond motifs is 3. The molecular weight excluding hydrogens is 316 g/mol. The minimum Gasteiger partial charge on any atom is -0.324 e. The number of hydrogen-bond donors (Lipinski definition) is 0. The molecule has 3 aliphatic heterocycles. The van der Waals surface area contributed by atoms with E-state index in [1.165, 1.54) is 0 Å². The molecule has 2 bridgehead atoms. The molecule has 5 nitrogen and oxygen atoms in total. The summed E-state index contributed by atoms with van der Waals surface area (Å²) in [6.45, 7) is 1.77. The van der Waals surface area contributed by atoms with Crippen molar-refractivity contribution in [2.24, 2.45) is 5.92 Å². The second-order valence-corrected chi connectivity index (χ2v) is 9.03. The maximum atomic E-state index is 13.3. The molecule has 126 valence electrons. The van der Waals surface area contributed by atoms with Gasteiger partial charge in [0, 0.05) is 6.42 Å². The molecule has 1 saturated carbocycles. The Morgan fingerprint density at radius 2 is 1.83 bits per heavy atom. The zero-order valence-corrected chi connectivity index (χ0v) is 14.1. The van der Waals surface area contributed by atoms with Gasteiger partial charge in [0.15, 0.2) is 11.2 Å². The highest BCUT2D eigenvalue weighted by molar-refractivity contribution is 7.92. The summed E-state index contributed by atoms with van der Waals surface area (Å²) in [6, 6.07) is 8.51. The van der Waals surface area contributed by atoms with E-state index in [4.69, 9.17) is 14.5 Å². The van der Waals surface area contributed by atoms with Crippen LogP contribution < -0.4 is 0 Å². The zero-order valence-electron chi connectivity index (χ0n) is 13.2. The summed E-state index contributed by atoms with van der Waals surface area (Å²) >= 11 is 0. The number of benzene rings is 1. The second-order valence-electron chi connectivity index (χ2n) is 7.04. The van der Waals surface area contributed by atoms with Crippen molar-refractivity contribution in [3.05, 3.63) is 30.3 Å². The van der Waals surface area contributed by atoms with Gasteiger partial charge in [-0.25, -0.2) is 18.2 Å². The van der Waals surface area contributed by atoms with Gasteiger partial charge in [0.1, 0.15) is 5.60 Å². The van der Waals surface area contributed by atoms with Gasteiger partial charge in [-0.1, -0.05) is 31.0 Å². The second kappa shape index (κ2) is 5.28. The average Bonchev–Trinajstić information content (AvgIpc) is 2.80. The summed E-state index contributed by atoms with van der Waals surface area (Å²) < 4.78 is 32.6. The van der Waals surface area contributed by atoms with E-state index in [9.17, 15) is 8.42 Å². The average molecular weight is 338 g/mol. The summed E-state index contributed by atoms with van der Waals surface area (Å²) in [7, 11) is -3.66. The van der Waals surface area contributed by atoms with Crippen molar-refractivity contribution in [1.82, 2.24) is 0 Å². The Morgan fingerprint density at radius 1 is 1.04 bits per heavy atom. The van der Waals surface area contributed by atoms with Crippen LogP contribution in [0, 0.1) is 5.92 Å². The molecule has 4 aliphatic rings. The molecule has 0 radical (unpaired) electrons. The van der Waals surface area contributed by atoms with Crippen LogP contribution >= 0.6 is 0 Å². The maximum absolute atomic E-state index is 13.3. The molecular formula is C17H22O5S. The Hall–Kier alpha value is -0.950. The number of hydrogen-bond acceptors (Lipinski definition) is 5. The minimum atomic E-state index is -3.66. The maximum Gasteiger partial charge on any atom is 0.208 e. The fourth-order valence-electron chi connectivity index (χ4n) is 4.20. The van der Waals surface area contributed by atoms with Crippen LogP contribution in [0.25, 0.3) is 0 Å². The zero-order chi connectivity index (χ0) is 16.1. The van der Waals surface area contributed by atoms with Crippen LogP contribution in [0.3, 0.4) is 0 Å². The van der Waals surface area contributed by atoms with Crippen molar-refractivity contribution >= 4 is 9.84 Å². The lowest BCUT2D eigenvalue weighted by atomic mass is 9.74. The molecule has 1 aromatic rings. The largest absolute Gasteiger partial charge is 0.324 e. The van der Waals surface area contributed by atoms with Crippen molar-refractivity contribution in [3.63, 3.8) is 0 Å². The van der Waals surface area contributed by atoms with E-state index in [0.29, 0.717) is 12.8 Å². The minimum absolute atomic E-state index is 0.157. The van der Waals surface area contributed by atoms with E-state index in [-0.39, 0.29) is 10.8 Å². The quantitative estimate of drug-likeness (QED) is 0.775. The summed E-state index contributed by atoms with van der Waals surface area (Å²) in [6.07, 6.45) is 5.18. The summed E-state index contributed by atoms with van der Waals surface area (Å²) in [5.41, 5.74) is -1.90. The predicted molar refractivity (Wildman–Crippen MR) is 83.0 cm³/mol. The third kappa shape index (κ3) is 2.35. The van der Waals surface area contributed by atoms with Crippen LogP contribution in [0.4, 0.5) is 0 Å². The monoisotopic (exact) mass is 338 g/mol. The molecule has 4 fully saturated rings. The lowest BCUT2D eigenvalue weighted by Gasteiger charge is -2.49. The third-order valence-electron chi connectivity index (χ3n) is 5.49. The van der Waals surface area contributed by atoms with E-state index in [1.54, 1.807) is 31.2 Å². The smallest absolute Gasteiger partial charge is 0.208 e. The Balaban J connectivity index is 1.83. The number of sulfone groups is 1. The van der Waals surface area contributed by atoms with Gasteiger partial charge in [0.05, 0.1) is 4.90 Å². The first-order valence-corrected chi connectivity index (χ1v) is 9.85. The van der Waals surface area contributed by atoms with Gasteiger partial charge >= 0.3 is 0 Å². The van der Waals surface area contributed by atoms with E-state index in [1.807, 2.05) is 6.07 Å². The molecule has 1 spiro atoms. The van der Waals surface area contributed by atoms with Crippen LogP contribution in [-0.2, 0) is 24.3 Å². The number of ether oxygens (including phenoxy) is 1. The molecule has 1 aromatic carbocycles. The lowest BCUT2D eigenvalue weighted by molar-refractivity contribution is -0.514. The van der Waals surface area contributed by atoms with Crippen LogP contribution in [0.15, 0.2) is 35.2 Å². The Bertz CT molecular complexity index is 684. The molecule has 0 unspecified atom stereocenters. The molecule has 3 heterocycles. The molecule has 0 aromatic heterocycles. The first-order chi connectivity index (χ1) is 11.0. The standard InChI is InChI=1S/C17H22O5S/c1-16-12-10-13-7-5-6-11-17(13,22-21-16)15(20-16)23(18,19)14-8-3-2-4-9-14/h2-4,8-9,13,15H,5-7,10-12H2,1H3/t13-,15+,16-,17+/m1/s1. The van der Waals surface area contributed by atoms with E-state index >= 15 is 0 Å². The first-order valence-electron chi connectivity index (χ1n) is 8.30. The van der Waals surface area contributed by atoms with Crippen molar-refractivity contribution in [2.75, 3.05) is 0 Å². The van der Waals surface area contributed by atoms with Gasteiger partial charge in [-0.2, -0.15) is 0 Å². The Kier molecular flexibility index (Phi) is 3.57. The van der Waals surface area contributed by atoms with Crippen LogP contribution in [0.2, 0.25) is 0 Å². The Labute approximate surface area is 136 Å². The van der Waals surface area contributed by atoms with Gasteiger partial charge in [0.2, 0.25) is 9.84 Å². The molecule has 4 atom stereocenters. The van der Waals surface area contributed by atoms with E-state index in [0.717, 1.165) is 25.7 Å². The van der Waals surface area contributed by atoms with Gasteiger partial charge in [-0.15, -0.1) is 0 Å². The fraction of sp³-hybridized carbons (Fsp3) is 0.647. The highest BCUT2D eigenvalue weighted by Gasteiger charge is 2.63. The molecule has 23 heavy (non-hydrogen) atoms. The normalized spacial score (nSPS) is 40.4. The third-order valence-corrected chi connectivity index (χ3v) is 7.48. The van der Waals surface area contributed by atoms with Crippen LogP contribution in [0.5, 0.6) is 0 Å². The highest BCUT2D eigenvalue weighted by Crippen LogP contribution is 2.53. The Morgan fingerprint density at radius 3 is 2.61 bits per heavy atom. The van der Waals surface area contributed by atoms with E-state index in [2.05, 4.69) is 0 Å². The number of rotatable bonds is 2. The van der Waals surface area contributed by atoms with Crippen molar-refractivity contribution in [2.45, 2.75) is 67.2 Å². The molecule has 6 heteroatoms. The highest BCUT2D eigenvalue weighted by atomic mass is 32.2. The first kappa shape index (κ1) is 15.6. The topological polar surface area (TPSA) is 61.8 Å². The summed E-state index contributed by atoms with van der Waals surface area (Å²) in [5, 5.41) is 0. The SMILES string of the molecule is C[C@]12CC[C@H]3CCCC[C@@]3(OO1)[C@H](S(=O)(=O)c1ccccc1)O2. The predicted octanol–water partition coefficient (Wildman–Crippen LogP) is 3.20. The molecule has 5 rings (SSSR count).